The first-order chi connectivity index (χ1) is 9.26. The average Bonchev–Trinajstić information content (AvgIpc) is 2.33. The fraction of sp³-hybridized carbons (Fsp3) is 0.625. The zero-order chi connectivity index (χ0) is 14.9. The van der Waals surface area contributed by atoms with Crippen molar-refractivity contribution in [1.82, 2.24) is 14.9 Å². The van der Waals surface area contributed by atoms with E-state index in [1.54, 1.807) is 0 Å². The standard InChI is InChI=1S/C8H15N7O4S/c1-13-2-4-14(5-3-13)8-11-6(9)15(7(10)12-8)19-20(16,17)18/h2-5H2,1H3,(H4,9,10,11,12,16,17,18)/p+1. The van der Waals surface area contributed by atoms with Crippen molar-refractivity contribution in [2.45, 2.75) is 0 Å². The molecule has 0 aromatic carbocycles. The number of nitrogens with two attached hydrogens (primary N) is 2. The first-order valence-electron chi connectivity index (χ1n) is 5.72. The molecular formula is C8H16N7O4S+. The van der Waals surface area contributed by atoms with Gasteiger partial charge in [0.25, 0.3) is 0 Å². The Morgan fingerprint density at radius 3 is 2.15 bits per heavy atom. The molecule has 12 heteroatoms. The van der Waals surface area contributed by atoms with Gasteiger partial charge in [0.1, 0.15) is 0 Å². The number of likely N-dealkylation sites (N-methyl/N-ethyl adjacent to an activating group) is 1. The minimum atomic E-state index is -4.76. The minimum absolute atomic E-state index is 0.281. The SMILES string of the molecule is CN1CCN(c2nc(N)[n+](OS(=O)(=O)O)c(N)n2)CC1. The van der Waals surface area contributed by atoms with Gasteiger partial charge in [-0.3, -0.25) is 4.55 Å². The van der Waals surface area contributed by atoms with Gasteiger partial charge < -0.3 is 21.3 Å². The van der Waals surface area contributed by atoms with Crippen LogP contribution in [0.4, 0.5) is 17.8 Å². The predicted molar refractivity (Wildman–Crippen MR) is 68.9 cm³/mol. The number of nitrogen functional groups attached to an aromatic ring is 2. The van der Waals surface area contributed by atoms with Crippen LogP contribution in [-0.4, -0.2) is 61.1 Å². The van der Waals surface area contributed by atoms with Gasteiger partial charge in [0.2, 0.25) is 0 Å². The number of anilines is 3. The predicted octanol–water partition coefficient (Wildman–Crippen LogP) is -3.09. The molecule has 11 nitrogen and oxygen atoms in total. The minimum Gasteiger partial charge on any atom is -0.321 e. The summed E-state index contributed by atoms with van der Waals surface area (Å²) in [6.45, 7) is 3.05. The molecule has 5 N–H and O–H groups in total. The third-order valence-corrected chi connectivity index (χ3v) is 3.14. The Balaban J connectivity index is 2.26. The maximum Gasteiger partial charge on any atom is 0.472 e. The Kier molecular flexibility index (Phi) is 3.78. The van der Waals surface area contributed by atoms with E-state index in [4.69, 9.17) is 16.0 Å². The van der Waals surface area contributed by atoms with Crippen molar-refractivity contribution >= 4 is 28.2 Å². The topological polar surface area (TPSA) is 152 Å². The first-order valence-corrected chi connectivity index (χ1v) is 7.09. The van der Waals surface area contributed by atoms with Gasteiger partial charge >= 0.3 is 28.2 Å². The molecule has 1 saturated heterocycles. The molecule has 0 radical (unpaired) electrons. The Morgan fingerprint density at radius 1 is 1.20 bits per heavy atom. The highest BCUT2D eigenvalue weighted by Crippen LogP contribution is 2.11. The van der Waals surface area contributed by atoms with Crippen molar-refractivity contribution < 1.29 is 22.0 Å². The van der Waals surface area contributed by atoms with E-state index in [-0.39, 0.29) is 17.8 Å². The summed E-state index contributed by atoms with van der Waals surface area (Å²) < 4.78 is 34.5. The molecule has 0 amide bonds. The summed E-state index contributed by atoms with van der Waals surface area (Å²) in [5, 5.41) is 0. The molecule has 2 heterocycles. The molecule has 0 unspecified atom stereocenters. The summed E-state index contributed by atoms with van der Waals surface area (Å²) in [6.07, 6.45) is 0. The maximum absolute atomic E-state index is 10.7. The summed E-state index contributed by atoms with van der Waals surface area (Å²) in [5.74, 6) is -0.378. The van der Waals surface area contributed by atoms with Gasteiger partial charge in [-0.2, -0.15) is 8.42 Å². The molecule has 0 atom stereocenters. The number of rotatable bonds is 3. The van der Waals surface area contributed by atoms with E-state index in [9.17, 15) is 8.42 Å². The third-order valence-electron chi connectivity index (χ3n) is 2.80. The van der Waals surface area contributed by atoms with Crippen molar-refractivity contribution in [1.29, 1.82) is 0 Å². The zero-order valence-corrected chi connectivity index (χ0v) is 11.6. The lowest BCUT2D eigenvalue weighted by atomic mass is 10.3. The average molecular weight is 306 g/mol. The van der Waals surface area contributed by atoms with Crippen LogP contribution in [-0.2, 0) is 10.4 Å². The van der Waals surface area contributed by atoms with Gasteiger partial charge in [0, 0.05) is 26.2 Å². The van der Waals surface area contributed by atoms with Crippen LogP contribution in [0.15, 0.2) is 0 Å². The molecule has 112 valence electrons. The lowest BCUT2D eigenvalue weighted by molar-refractivity contribution is -0.836. The van der Waals surface area contributed by atoms with E-state index < -0.39 is 10.4 Å². The molecule has 1 aromatic rings. The van der Waals surface area contributed by atoms with Crippen molar-refractivity contribution in [2.75, 3.05) is 49.6 Å². The molecule has 2 rings (SSSR count). The molecule has 0 saturated carbocycles. The summed E-state index contributed by atoms with van der Waals surface area (Å²) >= 11 is 0. The Hall–Kier alpha value is -1.92. The summed E-state index contributed by atoms with van der Waals surface area (Å²) in [4.78, 5) is 11.9. The number of aromatic nitrogens is 3. The smallest absolute Gasteiger partial charge is 0.321 e. The second kappa shape index (κ2) is 5.22. The van der Waals surface area contributed by atoms with Gasteiger partial charge in [-0.05, 0) is 11.8 Å². The lowest BCUT2D eigenvalue weighted by Crippen LogP contribution is -2.52. The molecular weight excluding hydrogens is 290 g/mol. The van der Waals surface area contributed by atoms with Crippen LogP contribution in [0.5, 0.6) is 0 Å². The number of hydrogen-bond donors (Lipinski definition) is 3. The van der Waals surface area contributed by atoms with E-state index >= 15 is 0 Å². The van der Waals surface area contributed by atoms with Crippen LogP contribution in [0.3, 0.4) is 0 Å². The molecule has 0 spiro atoms. The highest BCUT2D eigenvalue weighted by molar-refractivity contribution is 7.80. The molecule has 0 aliphatic carbocycles. The van der Waals surface area contributed by atoms with Crippen LogP contribution < -0.4 is 25.4 Å². The highest BCUT2D eigenvalue weighted by atomic mass is 32.3. The lowest BCUT2D eigenvalue weighted by Gasteiger charge is -2.30. The summed E-state index contributed by atoms with van der Waals surface area (Å²) in [7, 11) is -2.76. The molecule has 0 bridgehead atoms. The molecule has 1 aromatic heterocycles. The van der Waals surface area contributed by atoms with Crippen molar-refractivity contribution in [2.24, 2.45) is 0 Å². The van der Waals surface area contributed by atoms with E-state index in [0.717, 1.165) is 13.1 Å². The molecule has 1 fully saturated rings. The van der Waals surface area contributed by atoms with Crippen molar-refractivity contribution in [3.8, 4) is 0 Å². The van der Waals surface area contributed by atoms with Crippen molar-refractivity contribution in [3.63, 3.8) is 0 Å². The normalized spacial score (nSPS) is 17.2. The Morgan fingerprint density at radius 2 is 1.70 bits per heavy atom. The van der Waals surface area contributed by atoms with Crippen LogP contribution in [0.1, 0.15) is 0 Å². The first kappa shape index (κ1) is 14.5. The Labute approximate surface area is 115 Å². The Bertz CT molecular complexity index is 576. The van der Waals surface area contributed by atoms with Crippen LogP contribution in [0, 0.1) is 0 Å². The van der Waals surface area contributed by atoms with Crippen LogP contribution >= 0.6 is 0 Å². The van der Waals surface area contributed by atoms with Gasteiger partial charge in [0.15, 0.2) is 0 Å². The fourth-order valence-corrected chi connectivity index (χ4v) is 2.10. The van der Waals surface area contributed by atoms with Gasteiger partial charge in [-0.1, -0.05) is 9.97 Å². The quantitative estimate of drug-likeness (QED) is 0.387. The second-order valence-electron chi connectivity index (χ2n) is 4.33. The summed E-state index contributed by atoms with van der Waals surface area (Å²) in [5.41, 5.74) is 11.1. The number of piperazine rings is 1. The number of nitrogens with zero attached hydrogens (tertiary/aromatic N) is 5. The molecule has 1 aliphatic heterocycles. The van der Waals surface area contributed by atoms with Gasteiger partial charge in [-0.15, -0.1) is 0 Å². The van der Waals surface area contributed by atoms with Crippen LogP contribution in [0.25, 0.3) is 0 Å². The van der Waals surface area contributed by atoms with E-state index in [0.29, 0.717) is 17.8 Å². The fourth-order valence-electron chi connectivity index (χ4n) is 1.76. The van der Waals surface area contributed by atoms with Crippen LogP contribution in [0.2, 0.25) is 0 Å². The van der Waals surface area contributed by atoms with Gasteiger partial charge in [-0.25, -0.2) is 4.28 Å². The second-order valence-corrected chi connectivity index (χ2v) is 5.33. The largest absolute Gasteiger partial charge is 0.472 e. The molecule has 20 heavy (non-hydrogen) atoms. The maximum atomic E-state index is 10.7. The van der Waals surface area contributed by atoms with E-state index in [1.165, 1.54) is 0 Å². The monoisotopic (exact) mass is 306 g/mol. The third kappa shape index (κ3) is 3.34. The highest BCUT2D eigenvalue weighted by Gasteiger charge is 2.26. The summed E-state index contributed by atoms with van der Waals surface area (Å²) in [6, 6.07) is 0. The van der Waals surface area contributed by atoms with Crippen molar-refractivity contribution in [3.05, 3.63) is 0 Å². The molecule has 1 aliphatic rings. The zero-order valence-electron chi connectivity index (χ0n) is 10.8. The van der Waals surface area contributed by atoms with Gasteiger partial charge in [0.05, 0.1) is 0 Å². The number of hydrogen-bond acceptors (Lipinski definition) is 9. The van der Waals surface area contributed by atoms with E-state index in [2.05, 4.69) is 19.2 Å². The van der Waals surface area contributed by atoms with E-state index in [1.807, 2.05) is 11.9 Å².